The van der Waals surface area contributed by atoms with E-state index in [4.69, 9.17) is 0 Å². The van der Waals surface area contributed by atoms with Crippen molar-refractivity contribution >= 4 is 34.3 Å². The van der Waals surface area contributed by atoms with Gasteiger partial charge in [0.15, 0.2) is 5.16 Å². The van der Waals surface area contributed by atoms with Gasteiger partial charge in [-0.3, -0.25) is 18.6 Å². The number of nitrogens with one attached hydrogen (secondary N) is 1. The first-order valence-corrected chi connectivity index (χ1v) is 10.1. The molecule has 0 atom stereocenters. The fourth-order valence-corrected chi connectivity index (χ4v) is 3.87. The van der Waals surface area contributed by atoms with Gasteiger partial charge in [0.2, 0.25) is 11.7 Å². The zero-order valence-electron chi connectivity index (χ0n) is 15.6. The number of amides is 1. The maximum atomic E-state index is 13.1. The number of carbonyl (C=O) groups is 1. The van der Waals surface area contributed by atoms with E-state index in [1.54, 1.807) is 16.7 Å². The molecular formula is C21H19N5O2S. The Morgan fingerprint density at radius 3 is 2.66 bits per heavy atom. The zero-order valence-corrected chi connectivity index (χ0v) is 16.4. The van der Waals surface area contributed by atoms with Gasteiger partial charge >= 0.3 is 0 Å². The Bertz CT molecular complexity index is 1250. The highest BCUT2D eigenvalue weighted by atomic mass is 32.2. The van der Waals surface area contributed by atoms with Gasteiger partial charge in [0, 0.05) is 6.54 Å². The lowest BCUT2D eigenvalue weighted by atomic mass is 10.2. The molecule has 2 aromatic carbocycles. The smallest absolute Gasteiger partial charge is 0.263 e. The van der Waals surface area contributed by atoms with Crippen molar-refractivity contribution in [1.29, 1.82) is 0 Å². The third-order valence-electron chi connectivity index (χ3n) is 4.44. The molecule has 1 amide bonds. The number of thioether (sulfide) groups is 1. The number of benzene rings is 2. The summed E-state index contributed by atoms with van der Waals surface area (Å²) >= 11 is 1.28. The van der Waals surface area contributed by atoms with Gasteiger partial charge in [-0.1, -0.05) is 60.3 Å². The molecule has 146 valence electrons. The molecule has 4 aromatic rings. The Kier molecular flexibility index (Phi) is 5.44. The van der Waals surface area contributed by atoms with Crippen LogP contribution in [0.5, 0.6) is 0 Å². The Balaban J connectivity index is 1.81. The molecule has 0 saturated carbocycles. The second-order valence-electron chi connectivity index (χ2n) is 6.39. The van der Waals surface area contributed by atoms with Crippen molar-refractivity contribution in [3.8, 4) is 0 Å². The van der Waals surface area contributed by atoms with Gasteiger partial charge < -0.3 is 5.32 Å². The van der Waals surface area contributed by atoms with Crippen LogP contribution in [0.15, 0.2) is 77.2 Å². The predicted octanol–water partition coefficient (Wildman–Crippen LogP) is 2.49. The third kappa shape index (κ3) is 3.79. The number of fused-ring (bicyclic) bond motifs is 3. The van der Waals surface area contributed by atoms with Gasteiger partial charge in [-0.2, -0.15) is 0 Å². The fourth-order valence-electron chi connectivity index (χ4n) is 3.10. The fraction of sp³-hybridized carbons (Fsp3) is 0.143. The second-order valence-corrected chi connectivity index (χ2v) is 7.34. The van der Waals surface area contributed by atoms with Crippen molar-refractivity contribution in [3.05, 3.63) is 83.2 Å². The standard InChI is InChI=1S/C21H19N5O2S/c1-2-12-22-18(27)14-29-21-24-23-20-25(13-15-8-4-3-5-9-15)19(28)16-10-6-7-11-17(16)26(20)21/h2-11H,1,12-14H2,(H,22,27). The summed E-state index contributed by atoms with van der Waals surface area (Å²) < 4.78 is 3.46. The summed E-state index contributed by atoms with van der Waals surface area (Å²) in [7, 11) is 0. The minimum absolute atomic E-state index is 0.117. The summed E-state index contributed by atoms with van der Waals surface area (Å²) in [5, 5.41) is 12.4. The molecule has 0 unspecified atom stereocenters. The lowest BCUT2D eigenvalue weighted by molar-refractivity contribution is -0.118. The summed E-state index contributed by atoms with van der Waals surface area (Å²) in [6, 6.07) is 17.1. The summed E-state index contributed by atoms with van der Waals surface area (Å²) in [6.45, 7) is 4.39. The van der Waals surface area contributed by atoms with E-state index in [2.05, 4.69) is 22.1 Å². The predicted molar refractivity (Wildman–Crippen MR) is 114 cm³/mol. The normalized spacial score (nSPS) is 11.0. The lowest BCUT2D eigenvalue weighted by Gasteiger charge is -2.11. The molecule has 1 N–H and O–H groups in total. The highest BCUT2D eigenvalue weighted by Gasteiger charge is 2.17. The van der Waals surface area contributed by atoms with E-state index in [1.807, 2.05) is 52.9 Å². The van der Waals surface area contributed by atoms with Crippen LogP contribution in [0.25, 0.3) is 16.7 Å². The number of rotatable bonds is 7. The molecular weight excluding hydrogens is 386 g/mol. The molecule has 0 fully saturated rings. The molecule has 2 heterocycles. The van der Waals surface area contributed by atoms with Gasteiger partial charge in [0.1, 0.15) is 0 Å². The number of aromatic nitrogens is 4. The van der Waals surface area contributed by atoms with Crippen molar-refractivity contribution < 1.29 is 4.79 Å². The van der Waals surface area contributed by atoms with Crippen molar-refractivity contribution in [2.75, 3.05) is 12.3 Å². The molecule has 0 saturated heterocycles. The summed E-state index contributed by atoms with van der Waals surface area (Å²) in [4.78, 5) is 25.1. The van der Waals surface area contributed by atoms with Crippen LogP contribution in [-0.2, 0) is 11.3 Å². The van der Waals surface area contributed by atoms with Crippen LogP contribution in [0.1, 0.15) is 5.56 Å². The Labute approximate surface area is 171 Å². The van der Waals surface area contributed by atoms with Crippen molar-refractivity contribution in [1.82, 2.24) is 24.5 Å². The Morgan fingerprint density at radius 1 is 1.10 bits per heavy atom. The number of para-hydroxylation sites is 1. The number of hydrogen-bond acceptors (Lipinski definition) is 5. The van der Waals surface area contributed by atoms with E-state index < -0.39 is 0 Å². The molecule has 0 spiro atoms. The van der Waals surface area contributed by atoms with Gasteiger partial charge in [0.25, 0.3) is 5.56 Å². The maximum Gasteiger partial charge on any atom is 0.263 e. The van der Waals surface area contributed by atoms with E-state index >= 15 is 0 Å². The van der Waals surface area contributed by atoms with E-state index in [1.165, 1.54) is 11.8 Å². The SMILES string of the molecule is C=CCNC(=O)CSc1nnc2n(Cc3ccccc3)c(=O)c3ccccc3n12. The van der Waals surface area contributed by atoms with E-state index in [-0.39, 0.29) is 17.2 Å². The number of hydrogen-bond donors (Lipinski definition) is 1. The van der Waals surface area contributed by atoms with E-state index in [9.17, 15) is 9.59 Å². The number of carbonyl (C=O) groups excluding carboxylic acids is 1. The first-order valence-electron chi connectivity index (χ1n) is 9.10. The molecule has 0 aliphatic carbocycles. The van der Waals surface area contributed by atoms with Gasteiger partial charge in [-0.15, -0.1) is 16.8 Å². The van der Waals surface area contributed by atoms with Crippen LogP contribution < -0.4 is 10.9 Å². The first-order chi connectivity index (χ1) is 14.2. The quantitative estimate of drug-likeness (QED) is 0.377. The minimum Gasteiger partial charge on any atom is -0.352 e. The van der Waals surface area contributed by atoms with E-state index in [0.717, 1.165) is 11.1 Å². The highest BCUT2D eigenvalue weighted by Crippen LogP contribution is 2.21. The van der Waals surface area contributed by atoms with Gasteiger partial charge in [-0.25, -0.2) is 0 Å². The Hall–Kier alpha value is -3.39. The van der Waals surface area contributed by atoms with Crippen LogP contribution in [0.4, 0.5) is 0 Å². The average molecular weight is 405 g/mol. The summed E-state index contributed by atoms with van der Waals surface area (Å²) in [5.41, 5.74) is 1.59. The van der Waals surface area contributed by atoms with Crippen molar-refractivity contribution in [3.63, 3.8) is 0 Å². The van der Waals surface area contributed by atoms with Crippen molar-refractivity contribution in [2.45, 2.75) is 11.7 Å². The molecule has 29 heavy (non-hydrogen) atoms. The highest BCUT2D eigenvalue weighted by molar-refractivity contribution is 7.99. The summed E-state index contributed by atoms with van der Waals surface area (Å²) in [6.07, 6.45) is 1.63. The lowest BCUT2D eigenvalue weighted by Crippen LogP contribution is -2.25. The Morgan fingerprint density at radius 2 is 1.86 bits per heavy atom. The first kappa shape index (κ1) is 18.9. The number of nitrogens with zero attached hydrogens (tertiary/aromatic N) is 4. The van der Waals surface area contributed by atoms with Gasteiger partial charge in [-0.05, 0) is 17.7 Å². The van der Waals surface area contributed by atoms with Crippen LogP contribution in [-0.4, -0.2) is 37.4 Å². The van der Waals surface area contributed by atoms with Gasteiger partial charge in [0.05, 0.1) is 23.2 Å². The van der Waals surface area contributed by atoms with Crippen LogP contribution in [0.2, 0.25) is 0 Å². The monoisotopic (exact) mass is 405 g/mol. The van der Waals surface area contributed by atoms with Crippen LogP contribution in [0.3, 0.4) is 0 Å². The largest absolute Gasteiger partial charge is 0.352 e. The molecule has 0 aliphatic rings. The second kappa shape index (κ2) is 8.32. The minimum atomic E-state index is -0.121. The van der Waals surface area contributed by atoms with Crippen LogP contribution in [0, 0.1) is 0 Å². The molecule has 7 nitrogen and oxygen atoms in total. The van der Waals surface area contributed by atoms with Crippen molar-refractivity contribution in [2.24, 2.45) is 0 Å². The topological polar surface area (TPSA) is 81.3 Å². The molecule has 0 bridgehead atoms. The zero-order chi connectivity index (χ0) is 20.2. The molecule has 2 aromatic heterocycles. The average Bonchev–Trinajstić information content (AvgIpc) is 3.18. The van der Waals surface area contributed by atoms with E-state index in [0.29, 0.717) is 29.4 Å². The molecule has 4 rings (SSSR count). The third-order valence-corrected chi connectivity index (χ3v) is 5.37. The maximum absolute atomic E-state index is 13.1. The molecule has 0 radical (unpaired) electrons. The molecule has 0 aliphatic heterocycles. The molecule has 8 heteroatoms. The summed E-state index contributed by atoms with van der Waals surface area (Å²) in [5.74, 6) is 0.529. The van der Waals surface area contributed by atoms with Crippen LogP contribution >= 0.6 is 11.8 Å².